The van der Waals surface area contributed by atoms with E-state index in [1.807, 2.05) is 7.05 Å². The maximum Gasteiger partial charge on any atom is 0.247 e. The second-order valence-corrected chi connectivity index (χ2v) is 2.69. The molecule has 0 saturated heterocycles. The molecule has 0 atom stereocenters. The minimum absolute atomic E-state index is 0.0230. The van der Waals surface area contributed by atoms with Gasteiger partial charge in [0.05, 0.1) is 0 Å². The predicted molar refractivity (Wildman–Crippen MR) is 51.1 cm³/mol. The van der Waals surface area contributed by atoms with Crippen LogP contribution in [0.1, 0.15) is 12.8 Å². The van der Waals surface area contributed by atoms with E-state index in [4.69, 9.17) is 0 Å². The number of hydrogen-bond donors (Lipinski definition) is 3. The Kier molecular flexibility index (Phi) is 8.64. The molecule has 0 heterocycles. The second kappa shape index (κ2) is 8.83. The van der Waals surface area contributed by atoms with Crippen LogP contribution in [0.4, 0.5) is 0 Å². The van der Waals surface area contributed by atoms with Gasteiger partial charge < -0.3 is 14.8 Å². The van der Waals surface area contributed by atoms with Crippen LogP contribution in [0, 0.1) is 0 Å². The molecule has 0 aliphatic carbocycles. The van der Waals surface area contributed by atoms with Crippen molar-refractivity contribution in [1.29, 1.82) is 0 Å². The van der Waals surface area contributed by atoms with Gasteiger partial charge in [0.2, 0.25) is 5.91 Å². The van der Waals surface area contributed by atoms with Gasteiger partial charge in [0, 0.05) is 6.54 Å². The molecule has 0 saturated carbocycles. The summed E-state index contributed by atoms with van der Waals surface area (Å²) >= 11 is 3.47. The van der Waals surface area contributed by atoms with Crippen LogP contribution in [0.3, 0.4) is 0 Å². The van der Waals surface area contributed by atoms with Crippen LogP contribution >= 0.6 is 12.9 Å². The van der Waals surface area contributed by atoms with Gasteiger partial charge in [-0.25, -0.2) is 0 Å². The number of carbonyl (C=O) groups excluding carboxylic acids is 1. The molecule has 0 radical (unpaired) electrons. The minimum atomic E-state index is -0.116. The van der Waals surface area contributed by atoms with Crippen LogP contribution in [0.15, 0.2) is 0 Å². The number of hydrogen-bond acceptors (Lipinski definition) is 4. The zero-order chi connectivity index (χ0) is 9.23. The number of unbranched alkanes of at least 4 members (excludes halogenated alkanes) is 1. The third-order valence-corrected chi connectivity index (χ3v) is 1.50. The molecule has 5 heteroatoms. The Morgan fingerprint density at radius 2 is 2.08 bits per heavy atom. The highest BCUT2D eigenvalue weighted by molar-refractivity contribution is 7.75. The summed E-state index contributed by atoms with van der Waals surface area (Å²) in [5.41, 5.74) is 0. The van der Waals surface area contributed by atoms with Gasteiger partial charge in [0.15, 0.2) is 0 Å². The summed E-state index contributed by atoms with van der Waals surface area (Å²) < 4.78 is 4.35. The third-order valence-electron chi connectivity index (χ3n) is 1.37. The lowest BCUT2D eigenvalue weighted by Crippen LogP contribution is -2.27. The van der Waals surface area contributed by atoms with Crippen molar-refractivity contribution in [3.63, 3.8) is 0 Å². The van der Waals surface area contributed by atoms with Crippen molar-refractivity contribution < 1.29 is 8.98 Å². The summed E-state index contributed by atoms with van der Waals surface area (Å²) in [6.07, 6.45) is 2.05. The van der Waals surface area contributed by atoms with E-state index in [1.165, 1.54) is 0 Å². The fourth-order valence-corrected chi connectivity index (χ4v) is 0.881. The number of thiol groups is 1. The average Bonchev–Trinajstić information content (AvgIpc) is 2.05. The summed E-state index contributed by atoms with van der Waals surface area (Å²) in [6, 6.07) is 0. The Labute approximate surface area is 78.7 Å². The quantitative estimate of drug-likeness (QED) is 0.301. The van der Waals surface area contributed by atoms with E-state index >= 15 is 0 Å². The zero-order valence-electron chi connectivity index (χ0n) is 7.30. The second-order valence-electron chi connectivity index (χ2n) is 2.43. The Hall–Kier alpha value is -0.260. The van der Waals surface area contributed by atoms with Crippen LogP contribution in [0.5, 0.6) is 0 Å². The summed E-state index contributed by atoms with van der Waals surface area (Å²) in [7, 11) is 1.91. The lowest BCUT2D eigenvalue weighted by molar-refractivity contribution is -0.122. The van der Waals surface area contributed by atoms with E-state index in [0.717, 1.165) is 19.4 Å². The maximum absolute atomic E-state index is 10.8. The van der Waals surface area contributed by atoms with Gasteiger partial charge in [-0.2, -0.15) is 0 Å². The third kappa shape index (κ3) is 7.84. The molecule has 0 spiro atoms. The highest BCUT2D eigenvalue weighted by atomic mass is 32.1. The highest BCUT2D eigenvalue weighted by Gasteiger charge is 1.97. The SMILES string of the molecule is CNCCCCNC(=O)COS. The molecule has 0 unspecified atom stereocenters. The van der Waals surface area contributed by atoms with Gasteiger partial charge in [-0.3, -0.25) is 4.79 Å². The molecule has 2 N–H and O–H groups in total. The zero-order valence-corrected chi connectivity index (χ0v) is 8.19. The highest BCUT2D eigenvalue weighted by Crippen LogP contribution is 1.84. The Bertz CT molecular complexity index is 122. The van der Waals surface area contributed by atoms with Crippen molar-refractivity contribution in [3.8, 4) is 0 Å². The van der Waals surface area contributed by atoms with Crippen molar-refractivity contribution in [1.82, 2.24) is 10.6 Å². The van der Waals surface area contributed by atoms with Crippen LogP contribution < -0.4 is 10.6 Å². The van der Waals surface area contributed by atoms with Gasteiger partial charge in [0.25, 0.3) is 0 Å². The van der Waals surface area contributed by atoms with E-state index < -0.39 is 0 Å². The van der Waals surface area contributed by atoms with E-state index in [0.29, 0.717) is 6.54 Å². The fourth-order valence-electron chi connectivity index (χ4n) is 0.764. The molecule has 0 rings (SSSR count). The van der Waals surface area contributed by atoms with E-state index in [2.05, 4.69) is 27.7 Å². The molecular weight excluding hydrogens is 176 g/mol. The van der Waals surface area contributed by atoms with Gasteiger partial charge in [0.1, 0.15) is 6.61 Å². The van der Waals surface area contributed by atoms with Crippen LogP contribution in [0.25, 0.3) is 0 Å². The Morgan fingerprint density at radius 3 is 2.67 bits per heavy atom. The molecule has 0 aromatic heterocycles. The summed E-state index contributed by atoms with van der Waals surface area (Å²) in [4.78, 5) is 10.8. The summed E-state index contributed by atoms with van der Waals surface area (Å²) in [5, 5.41) is 5.73. The average molecular weight is 192 g/mol. The normalized spacial score (nSPS) is 9.83. The van der Waals surface area contributed by atoms with Crippen LogP contribution in [-0.4, -0.2) is 32.7 Å². The largest absolute Gasteiger partial charge is 0.354 e. The smallest absolute Gasteiger partial charge is 0.247 e. The molecule has 1 amide bonds. The molecule has 4 nitrogen and oxygen atoms in total. The van der Waals surface area contributed by atoms with Crippen molar-refractivity contribution in [2.75, 3.05) is 26.7 Å². The molecule has 0 aromatic carbocycles. The minimum Gasteiger partial charge on any atom is -0.354 e. The summed E-state index contributed by atoms with van der Waals surface area (Å²) in [6.45, 7) is 1.71. The maximum atomic E-state index is 10.8. The van der Waals surface area contributed by atoms with Crippen molar-refractivity contribution in [2.45, 2.75) is 12.8 Å². The van der Waals surface area contributed by atoms with Crippen molar-refractivity contribution in [3.05, 3.63) is 0 Å². The molecule has 0 aliphatic heterocycles. The molecule has 12 heavy (non-hydrogen) atoms. The van der Waals surface area contributed by atoms with Crippen LogP contribution in [-0.2, 0) is 8.98 Å². The van der Waals surface area contributed by atoms with Crippen molar-refractivity contribution >= 4 is 18.8 Å². The number of rotatable bonds is 7. The first kappa shape index (κ1) is 11.7. The van der Waals surface area contributed by atoms with Gasteiger partial charge in [-0.05, 0) is 39.3 Å². The molecule has 0 fully saturated rings. The van der Waals surface area contributed by atoms with E-state index in [9.17, 15) is 4.79 Å². The monoisotopic (exact) mass is 192 g/mol. The van der Waals surface area contributed by atoms with Gasteiger partial charge in [-0.15, -0.1) is 0 Å². The number of nitrogens with one attached hydrogen (secondary N) is 2. The molecule has 72 valence electrons. The Balaban J connectivity index is 3.03. The standard InChI is InChI=1S/C7H16N2O2S/c1-8-4-2-3-5-9-7(10)6-11-12/h8,12H,2-6H2,1H3,(H,9,10). The van der Waals surface area contributed by atoms with E-state index in [1.54, 1.807) is 0 Å². The Morgan fingerprint density at radius 1 is 1.42 bits per heavy atom. The molecule has 0 aromatic rings. The lowest BCUT2D eigenvalue weighted by atomic mass is 10.3. The first-order valence-electron chi connectivity index (χ1n) is 3.99. The lowest BCUT2D eigenvalue weighted by Gasteiger charge is -2.03. The number of carbonyl (C=O) groups is 1. The van der Waals surface area contributed by atoms with Crippen molar-refractivity contribution in [2.24, 2.45) is 0 Å². The van der Waals surface area contributed by atoms with Crippen LogP contribution in [0.2, 0.25) is 0 Å². The van der Waals surface area contributed by atoms with Gasteiger partial charge in [-0.1, -0.05) is 0 Å². The number of amides is 1. The van der Waals surface area contributed by atoms with E-state index in [-0.39, 0.29) is 12.5 Å². The summed E-state index contributed by atoms with van der Waals surface area (Å²) in [5.74, 6) is -0.116. The van der Waals surface area contributed by atoms with Gasteiger partial charge >= 0.3 is 0 Å². The molecule has 0 bridgehead atoms. The topological polar surface area (TPSA) is 50.4 Å². The molecular formula is C7H16N2O2S. The fraction of sp³-hybridized carbons (Fsp3) is 0.857. The predicted octanol–water partition coefficient (Wildman–Crippen LogP) is -0.0364. The first-order valence-corrected chi connectivity index (χ1v) is 4.35. The molecule has 0 aliphatic rings. The first-order chi connectivity index (χ1) is 5.81.